The molecule has 0 spiro atoms. The summed E-state index contributed by atoms with van der Waals surface area (Å²) in [5, 5.41) is -0.552. The second-order valence-electron chi connectivity index (χ2n) is 5.98. The van der Waals surface area contributed by atoms with Gasteiger partial charge in [0.25, 0.3) is 5.91 Å². The average Bonchev–Trinajstić information content (AvgIpc) is 2.64. The van der Waals surface area contributed by atoms with Gasteiger partial charge in [0.1, 0.15) is 0 Å². The van der Waals surface area contributed by atoms with E-state index in [4.69, 9.17) is 0 Å². The minimum absolute atomic E-state index is 0.0586. The minimum atomic E-state index is -3.44. The van der Waals surface area contributed by atoms with Crippen molar-refractivity contribution in [3.63, 3.8) is 0 Å². The van der Waals surface area contributed by atoms with Crippen LogP contribution in [0.4, 0.5) is 8.78 Å². The molecular formula is C18H17F2NO3S. The van der Waals surface area contributed by atoms with E-state index in [0.717, 1.165) is 12.1 Å². The monoisotopic (exact) mass is 365 g/mol. The molecule has 1 saturated heterocycles. The quantitative estimate of drug-likeness (QED) is 0.840. The summed E-state index contributed by atoms with van der Waals surface area (Å²) in [5.41, 5.74) is 0.0586. The Labute approximate surface area is 145 Å². The van der Waals surface area contributed by atoms with Gasteiger partial charge in [-0.1, -0.05) is 18.2 Å². The molecular weight excluding hydrogens is 348 g/mol. The minimum Gasteiger partial charge on any atom is -0.339 e. The number of benzene rings is 2. The highest BCUT2D eigenvalue weighted by Crippen LogP contribution is 2.25. The zero-order chi connectivity index (χ0) is 18.0. The van der Waals surface area contributed by atoms with Crippen molar-refractivity contribution in [3.8, 4) is 0 Å². The fraction of sp³-hybridized carbons (Fsp3) is 0.278. The van der Waals surface area contributed by atoms with Crippen molar-refractivity contribution >= 4 is 15.7 Å². The number of sulfone groups is 1. The van der Waals surface area contributed by atoms with Crippen LogP contribution >= 0.6 is 0 Å². The van der Waals surface area contributed by atoms with E-state index in [-0.39, 0.29) is 23.5 Å². The fourth-order valence-electron chi connectivity index (χ4n) is 2.98. The zero-order valence-electron chi connectivity index (χ0n) is 13.4. The Kier molecular flexibility index (Phi) is 4.85. The Morgan fingerprint density at radius 2 is 1.60 bits per heavy atom. The van der Waals surface area contributed by atoms with Gasteiger partial charge in [-0.2, -0.15) is 0 Å². The van der Waals surface area contributed by atoms with Crippen molar-refractivity contribution in [2.45, 2.75) is 23.0 Å². The normalized spacial score (nSPS) is 16.0. The van der Waals surface area contributed by atoms with Crippen LogP contribution in [0.2, 0.25) is 0 Å². The van der Waals surface area contributed by atoms with E-state index in [0.29, 0.717) is 12.8 Å². The zero-order valence-corrected chi connectivity index (χ0v) is 14.2. The van der Waals surface area contributed by atoms with Gasteiger partial charge in [-0.05, 0) is 43.2 Å². The van der Waals surface area contributed by atoms with Gasteiger partial charge in [-0.25, -0.2) is 17.2 Å². The van der Waals surface area contributed by atoms with Crippen LogP contribution in [0, 0.1) is 11.6 Å². The molecule has 1 amide bonds. The number of halogens is 2. The second-order valence-corrected chi connectivity index (χ2v) is 8.21. The summed E-state index contributed by atoms with van der Waals surface area (Å²) in [6, 6.07) is 11.2. The number of hydrogen-bond donors (Lipinski definition) is 0. The van der Waals surface area contributed by atoms with E-state index in [2.05, 4.69) is 0 Å². The highest BCUT2D eigenvalue weighted by molar-refractivity contribution is 7.92. The highest BCUT2D eigenvalue weighted by atomic mass is 32.2. The molecule has 0 aromatic heterocycles. The molecule has 1 heterocycles. The van der Waals surface area contributed by atoms with Crippen LogP contribution < -0.4 is 0 Å². The molecule has 0 radical (unpaired) electrons. The lowest BCUT2D eigenvalue weighted by atomic mass is 10.1. The predicted octanol–water partition coefficient (Wildman–Crippen LogP) is 3.04. The second kappa shape index (κ2) is 6.92. The lowest BCUT2D eigenvalue weighted by molar-refractivity contribution is 0.0725. The van der Waals surface area contributed by atoms with Gasteiger partial charge in [0.15, 0.2) is 21.5 Å². The summed E-state index contributed by atoms with van der Waals surface area (Å²) in [4.78, 5) is 14.1. The first-order valence-corrected chi connectivity index (χ1v) is 9.47. The average molecular weight is 365 g/mol. The van der Waals surface area contributed by atoms with Crippen molar-refractivity contribution < 1.29 is 22.0 Å². The Balaban J connectivity index is 1.69. The van der Waals surface area contributed by atoms with E-state index in [1.807, 2.05) is 0 Å². The van der Waals surface area contributed by atoms with Crippen LogP contribution in [0.1, 0.15) is 23.2 Å². The van der Waals surface area contributed by atoms with Crippen LogP contribution in [0.15, 0.2) is 53.4 Å². The smallest absolute Gasteiger partial charge is 0.253 e. The van der Waals surface area contributed by atoms with Crippen molar-refractivity contribution in [1.29, 1.82) is 0 Å². The van der Waals surface area contributed by atoms with Gasteiger partial charge in [0.2, 0.25) is 0 Å². The van der Waals surface area contributed by atoms with E-state index in [1.54, 1.807) is 30.3 Å². The summed E-state index contributed by atoms with van der Waals surface area (Å²) >= 11 is 0. The number of nitrogens with zero attached hydrogens (tertiary/aromatic N) is 1. The first kappa shape index (κ1) is 17.5. The maximum atomic E-state index is 13.3. The maximum Gasteiger partial charge on any atom is 0.253 e. The van der Waals surface area contributed by atoms with Gasteiger partial charge in [-0.15, -0.1) is 0 Å². The molecule has 25 heavy (non-hydrogen) atoms. The lowest BCUT2D eigenvalue weighted by Gasteiger charge is -2.31. The standard InChI is InChI=1S/C18H17F2NO3S/c19-16-7-6-13(12-17(16)20)18(22)21-10-8-15(9-11-21)25(23,24)14-4-2-1-3-5-14/h1-7,12,15H,8-11H2. The van der Waals surface area contributed by atoms with E-state index < -0.39 is 32.6 Å². The number of rotatable bonds is 3. The molecule has 1 aliphatic rings. The molecule has 1 aliphatic heterocycles. The van der Waals surface area contributed by atoms with Crippen LogP contribution in [-0.4, -0.2) is 37.6 Å². The molecule has 7 heteroatoms. The van der Waals surface area contributed by atoms with Gasteiger partial charge in [-0.3, -0.25) is 4.79 Å². The van der Waals surface area contributed by atoms with Gasteiger partial charge in [0.05, 0.1) is 10.1 Å². The van der Waals surface area contributed by atoms with Crippen molar-refractivity contribution in [2.24, 2.45) is 0 Å². The Morgan fingerprint density at radius 3 is 2.20 bits per heavy atom. The molecule has 0 aliphatic carbocycles. The number of carbonyl (C=O) groups excluding carboxylic acids is 1. The third-order valence-corrected chi connectivity index (χ3v) is 6.68. The van der Waals surface area contributed by atoms with Gasteiger partial charge < -0.3 is 4.90 Å². The predicted molar refractivity (Wildman–Crippen MR) is 88.9 cm³/mol. The molecule has 0 bridgehead atoms. The third-order valence-electron chi connectivity index (χ3n) is 4.41. The summed E-state index contributed by atoms with van der Waals surface area (Å²) in [6.45, 7) is 0.517. The number of likely N-dealkylation sites (tertiary alicyclic amines) is 1. The summed E-state index contributed by atoms with van der Waals surface area (Å²) in [5.74, 6) is -2.51. The van der Waals surface area contributed by atoms with Crippen LogP contribution in [0.25, 0.3) is 0 Å². The molecule has 2 aromatic rings. The van der Waals surface area contributed by atoms with Crippen molar-refractivity contribution in [1.82, 2.24) is 4.90 Å². The van der Waals surface area contributed by atoms with E-state index >= 15 is 0 Å². The van der Waals surface area contributed by atoms with Gasteiger partial charge >= 0.3 is 0 Å². The number of carbonyl (C=O) groups is 1. The SMILES string of the molecule is O=C(c1ccc(F)c(F)c1)N1CCC(S(=O)(=O)c2ccccc2)CC1. The Bertz CT molecular complexity index is 876. The maximum absolute atomic E-state index is 13.3. The van der Waals surface area contributed by atoms with Crippen LogP contribution in [0.5, 0.6) is 0 Å². The fourth-order valence-corrected chi connectivity index (χ4v) is 4.74. The molecule has 3 rings (SSSR count). The van der Waals surface area contributed by atoms with Crippen molar-refractivity contribution in [3.05, 3.63) is 65.7 Å². The van der Waals surface area contributed by atoms with E-state index in [9.17, 15) is 22.0 Å². The van der Waals surface area contributed by atoms with Gasteiger partial charge in [0, 0.05) is 18.7 Å². The summed E-state index contributed by atoms with van der Waals surface area (Å²) < 4.78 is 51.5. The molecule has 0 N–H and O–H groups in total. The molecule has 4 nitrogen and oxygen atoms in total. The Morgan fingerprint density at radius 1 is 0.960 bits per heavy atom. The number of piperidine rings is 1. The molecule has 2 aromatic carbocycles. The van der Waals surface area contributed by atoms with Crippen LogP contribution in [0.3, 0.4) is 0 Å². The summed E-state index contributed by atoms with van der Waals surface area (Å²) in [7, 11) is -3.44. The number of hydrogen-bond acceptors (Lipinski definition) is 3. The molecule has 0 atom stereocenters. The molecule has 0 saturated carbocycles. The molecule has 1 fully saturated rings. The molecule has 132 valence electrons. The van der Waals surface area contributed by atoms with E-state index in [1.165, 1.54) is 11.0 Å². The lowest BCUT2D eigenvalue weighted by Crippen LogP contribution is -2.42. The van der Waals surface area contributed by atoms with Crippen molar-refractivity contribution in [2.75, 3.05) is 13.1 Å². The largest absolute Gasteiger partial charge is 0.339 e. The first-order valence-electron chi connectivity index (χ1n) is 7.93. The summed E-state index contributed by atoms with van der Waals surface area (Å²) in [6.07, 6.45) is 0.624. The van der Waals surface area contributed by atoms with Crippen LogP contribution in [-0.2, 0) is 9.84 Å². The highest BCUT2D eigenvalue weighted by Gasteiger charge is 2.32. The topological polar surface area (TPSA) is 54.5 Å². The third kappa shape index (κ3) is 3.56. The molecule has 0 unspecified atom stereocenters. The number of amides is 1. The Hall–Kier alpha value is -2.28. The first-order chi connectivity index (χ1) is 11.9.